The number of nitrogens with two attached hydrogens (primary N) is 1. The molecule has 0 bridgehead atoms. The summed E-state index contributed by atoms with van der Waals surface area (Å²) in [4.78, 5) is 4.30. The summed E-state index contributed by atoms with van der Waals surface area (Å²) in [5.74, 6) is 1.75. The molecule has 0 aliphatic rings. The summed E-state index contributed by atoms with van der Waals surface area (Å²) in [6, 6.07) is 0.307. The highest BCUT2D eigenvalue weighted by Gasteiger charge is 2.12. The molecule has 2 N–H and O–H groups in total. The lowest BCUT2D eigenvalue weighted by molar-refractivity contribution is 0.399. The lowest BCUT2D eigenvalue weighted by Crippen LogP contribution is -2.29. The second-order valence-corrected chi connectivity index (χ2v) is 4.42. The fourth-order valence-electron chi connectivity index (χ4n) is 1.89. The van der Waals surface area contributed by atoms with Gasteiger partial charge in [0.15, 0.2) is 0 Å². The third kappa shape index (κ3) is 3.67. The predicted octanol–water partition coefficient (Wildman–Crippen LogP) is 2.12. The molecule has 0 spiro atoms. The normalized spacial score (nSPS) is 15.2. The second-order valence-electron chi connectivity index (χ2n) is 4.42. The van der Waals surface area contributed by atoms with Crippen LogP contribution in [-0.4, -0.2) is 15.6 Å². The molecule has 0 aliphatic carbocycles. The van der Waals surface area contributed by atoms with E-state index in [1.165, 1.54) is 12.8 Å². The van der Waals surface area contributed by atoms with Crippen molar-refractivity contribution in [2.24, 2.45) is 18.7 Å². The molecule has 2 atom stereocenters. The van der Waals surface area contributed by atoms with Gasteiger partial charge in [-0.1, -0.05) is 20.3 Å². The third-order valence-corrected chi connectivity index (χ3v) is 3.10. The number of aromatic nitrogens is 2. The lowest BCUT2D eigenvalue weighted by Gasteiger charge is -2.18. The monoisotopic (exact) mass is 209 g/mol. The Morgan fingerprint density at radius 3 is 2.73 bits per heavy atom. The summed E-state index contributed by atoms with van der Waals surface area (Å²) >= 11 is 0. The zero-order valence-corrected chi connectivity index (χ0v) is 10.1. The fourth-order valence-corrected chi connectivity index (χ4v) is 1.89. The maximum atomic E-state index is 6.13. The van der Waals surface area contributed by atoms with Gasteiger partial charge in [-0.05, 0) is 18.8 Å². The Kier molecular flexibility index (Phi) is 4.82. The van der Waals surface area contributed by atoms with Crippen LogP contribution in [-0.2, 0) is 13.5 Å². The van der Waals surface area contributed by atoms with Gasteiger partial charge in [0, 0.05) is 31.9 Å². The van der Waals surface area contributed by atoms with Crippen molar-refractivity contribution >= 4 is 0 Å². The molecule has 15 heavy (non-hydrogen) atoms. The topological polar surface area (TPSA) is 43.8 Å². The first-order chi connectivity index (χ1) is 7.15. The van der Waals surface area contributed by atoms with Crippen LogP contribution in [0.5, 0.6) is 0 Å². The molecule has 3 heteroatoms. The summed E-state index contributed by atoms with van der Waals surface area (Å²) in [7, 11) is 2.03. The lowest BCUT2D eigenvalue weighted by atomic mass is 9.94. The maximum Gasteiger partial charge on any atom is 0.108 e. The van der Waals surface area contributed by atoms with E-state index in [0.29, 0.717) is 12.0 Å². The number of aryl methyl sites for hydroxylation is 2. The van der Waals surface area contributed by atoms with Gasteiger partial charge in [-0.25, -0.2) is 4.98 Å². The van der Waals surface area contributed by atoms with Gasteiger partial charge in [-0.2, -0.15) is 0 Å². The maximum absolute atomic E-state index is 6.13. The van der Waals surface area contributed by atoms with E-state index >= 15 is 0 Å². The Hall–Kier alpha value is -0.830. The van der Waals surface area contributed by atoms with Crippen molar-refractivity contribution in [2.75, 3.05) is 0 Å². The fraction of sp³-hybridized carbons (Fsp3) is 0.750. The minimum atomic E-state index is 0.307. The smallest absolute Gasteiger partial charge is 0.108 e. The Morgan fingerprint density at radius 1 is 1.47 bits per heavy atom. The van der Waals surface area contributed by atoms with Crippen molar-refractivity contribution in [1.29, 1.82) is 0 Å². The molecule has 2 unspecified atom stereocenters. The van der Waals surface area contributed by atoms with Crippen LogP contribution in [0.3, 0.4) is 0 Å². The quantitative estimate of drug-likeness (QED) is 0.780. The average Bonchev–Trinajstić information content (AvgIpc) is 2.61. The minimum Gasteiger partial charge on any atom is -0.338 e. The molecule has 1 aromatic heterocycles. The zero-order chi connectivity index (χ0) is 11.3. The minimum absolute atomic E-state index is 0.307. The Labute approximate surface area is 92.7 Å². The number of hydrogen-bond donors (Lipinski definition) is 1. The number of nitrogens with zero attached hydrogens (tertiary/aromatic N) is 2. The van der Waals surface area contributed by atoms with Crippen LogP contribution in [0.2, 0.25) is 0 Å². The molecule has 0 saturated carbocycles. The molecule has 3 nitrogen and oxygen atoms in total. The van der Waals surface area contributed by atoms with Crippen LogP contribution in [0.1, 0.15) is 38.9 Å². The number of hydrogen-bond acceptors (Lipinski definition) is 2. The summed E-state index contributed by atoms with van der Waals surface area (Å²) in [6.45, 7) is 4.45. The van der Waals surface area contributed by atoms with Crippen molar-refractivity contribution in [3.63, 3.8) is 0 Å². The van der Waals surface area contributed by atoms with Crippen LogP contribution >= 0.6 is 0 Å². The second kappa shape index (κ2) is 5.91. The Balaban J connectivity index is 2.34. The van der Waals surface area contributed by atoms with Crippen LogP contribution in [0.25, 0.3) is 0 Å². The average molecular weight is 209 g/mol. The van der Waals surface area contributed by atoms with Crippen molar-refractivity contribution in [1.82, 2.24) is 9.55 Å². The predicted molar refractivity (Wildman–Crippen MR) is 63.6 cm³/mol. The Bertz CT molecular complexity index is 280. The van der Waals surface area contributed by atoms with E-state index in [2.05, 4.69) is 23.4 Å². The molecule has 0 aromatic carbocycles. The molecular formula is C12H23N3. The van der Waals surface area contributed by atoms with Crippen LogP contribution < -0.4 is 5.73 Å². The molecule has 86 valence electrons. The van der Waals surface area contributed by atoms with Crippen LogP contribution in [0, 0.1) is 5.92 Å². The van der Waals surface area contributed by atoms with E-state index in [4.69, 9.17) is 5.73 Å². The first-order valence-corrected chi connectivity index (χ1v) is 5.87. The van der Waals surface area contributed by atoms with Crippen molar-refractivity contribution in [3.05, 3.63) is 18.2 Å². The standard InChI is InChI=1S/C12H23N3/c1-4-5-10(2)11(13)6-7-12-14-8-9-15(12)3/h8-11H,4-7,13H2,1-3H3. The van der Waals surface area contributed by atoms with Gasteiger partial charge in [0.25, 0.3) is 0 Å². The van der Waals surface area contributed by atoms with Crippen LogP contribution in [0.4, 0.5) is 0 Å². The van der Waals surface area contributed by atoms with E-state index in [9.17, 15) is 0 Å². The largest absolute Gasteiger partial charge is 0.338 e. The van der Waals surface area contributed by atoms with Gasteiger partial charge >= 0.3 is 0 Å². The third-order valence-electron chi connectivity index (χ3n) is 3.10. The van der Waals surface area contributed by atoms with Crippen molar-refractivity contribution in [2.45, 2.75) is 45.6 Å². The van der Waals surface area contributed by atoms with E-state index in [0.717, 1.165) is 18.7 Å². The van der Waals surface area contributed by atoms with E-state index in [-0.39, 0.29) is 0 Å². The van der Waals surface area contributed by atoms with Crippen molar-refractivity contribution in [3.8, 4) is 0 Å². The van der Waals surface area contributed by atoms with E-state index in [1.807, 2.05) is 19.4 Å². The van der Waals surface area contributed by atoms with Gasteiger partial charge in [-0.3, -0.25) is 0 Å². The first kappa shape index (κ1) is 12.2. The van der Waals surface area contributed by atoms with Crippen molar-refractivity contribution < 1.29 is 0 Å². The summed E-state index contributed by atoms with van der Waals surface area (Å²) in [5.41, 5.74) is 6.13. The molecule has 0 amide bonds. The number of rotatable bonds is 6. The van der Waals surface area contributed by atoms with Gasteiger partial charge in [0.1, 0.15) is 5.82 Å². The molecule has 1 rings (SSSR count). The van der Waals surface area contributed by atoms with E-state index < -0.39 is 0 Å². The molecule has 1 heterocycles. The zero-order valence-electron chi connectivity index (χ0n) is 10.1. The van der Waals surface area contributed by atoms with Crippen LogP contribution in [0.15, 0.2) is 12.4 Å². The van der Waals surface area contributed by atoms with Gasteiger partial charge in [0.2, 0.25) is 0 Å². The summed E-state index contributed by atoms with van der Waals surface area (Å²) < 4.78 is 2.07. The SMILES string of the molecule is CCCC(C)C(N)CCc1nccn1C. The van der Waals surface area contributed by atoms with Gasteiger partial charge < -0.3 is 10.3 Å². The number of imidazole rings is 1. The van der Waals surface area contributed by atoms with Gasteiger partial charge in [-0.15, -0.1) is 0 Å². The molecule has 0 aliphatic heterocycles. The molecular weight excluding hydrogens is 186 g/mol. The van der Waals surface area contributed by atoms with Gasteiger partial charge in [0.05, 0.1) is 0 Å². The molecule has 0 fully saturated rings. The summed E-state index contributed by atoms with van der Waals surface area (Å²) in [6.07, 6.45) is 8.29. The highest BCUT2D eigenvalue weighted by Crippen LogP contribution is 2.13. The Morgan fingerprint density at radius 2 is 2.20 bits per heavy atom. The molecule has 0 radical (unpaired) electrons. The highest BCUT2D eigenvalue weighted by molar-refractivity contribution is 4.92. The molecule has 0 saturated heterocycles. The first-order valence-electron chi connectivity index (χ1n) is 5.87. The molecule has 1 aromatic rings. The summed E-state index contributed by atoms with van der Waals surface area (Å²) in [5, 5.41) is 0. The van der Waals surface area contributed by atoms with E-state index in [1.54, 1.807) is 0 Å². The highest BCUT2D eigenvalue weighted by atomic mass is 15.0.